The van der Waals surface area contributed by atoms with E-state index in [0.29, 0.717) is 16.1 Å². The van der Waals surface area contributed by atoms with Gasteiger partial charge in [-0.3, -0.25) is 19.0 Å². The summed E-state index contributed by atoms with van der Waals surface area (Å²) in [5, 5.41) is 4.30. The summed E-state index contributed by atoms with van der Waals surface area (Å²) >= 11 is 1.16. The monoisotopic (exact) mass is 399 g/mol. The fourth-order valence-electron chi connectivity index (χ4n) is 2.61. The molecule has 0 aliphatic heterocycles. The summed E-state index contributed by atoms with van der Waals surface area (Å²) in [6.07, 6.45) is 1.27. The van der Waals surface area contributed by atoms with Crippen molar-refractivity contribution >= 4 is 44.9 Å². The van der Waals surface area contributed by atoms with Crippen LogP contribution in [0, 0.1) is 0 Å². The zero-order chi connectivity index (χ0) is 20.3. The summed E-state index contributed by atoms with van der Waals surface area (Å²) in [6.45, 7) is 3.01. The molecule has 3 rings (SSSR count). The van der Waals surface area contributed by atoms with Crippen molar-refractivity contribution in [1.29, 1.82) is 0 Å². The molecule has 0 atom stereocenters. The first kappa shape index (κ1) is 19.4. The van der Waals surface area contributed by atoms with Crippen molar-refractivity contribution in [2.45, 2.75) is 20.4 Å². The van der Waals surface area contributed by atoms with Gasteiger partial charge >= 0.3 is 5.97 Å². The number of hydrogen-bond acceptors (Lipinski definition) is 7. The van der Waals surface area contributed by atoms with Gasteiger partial charge in [-0.15, -0.1) is 11.3 Å². The molecule has 1 N–H and O–H groups in total. The fourth-order valence-corrected chi connectivity index (χ4v) is 3.48. The van der Waals surface area contributed by atoms with Gasteiger partial charge in [0.2, 0.25) is 5.91 Å². The Labute approximate surface area is 163 Å². The van der Waals surface area contributed by atoms with Gasteiger partial charge < -0.3 is 10.1 Å². The Bertz CT molecular complexity index is 1130. The number of ketones is 1. The van der Waals surface area contributed by atoms with Gasteiger partial charge in [0.25, 0.3) is 5.56 Å². The number of fused-ring (bicyclic) bond motifs is 1. The van der Waals surface area contributed by atoms with Gasteiger partial charge in [-0.2, -0.15) is 0 Å². The number of nitrogens with one attached hydrogen (secondary N) is 1. The average Bonchev–Trinajstić information content (AvgIpc) is 3.09. The minimum absolute atomic E-state index is 0.120. The van der Waals surface area contributed by atoms with Crippen LogP contribution in [0.3, 0.4) is 0 Å². The van der Waals surface area contributed by atoms with Crippen LogP contribution in [0.25, 0.3) is 10.2 Å². The van der Waals surface area contributed by atoms with Crippen LogP contribution < -0.4 is 10.9 Å². The van der Waals surface area contributed by atoms with Gasteiger partial charge in [-0.05, 0) is 26.0 Å². The van der Waals surface area contributed by atoms with E-state index in [2.05, 4.69) is 10.3 Å². The van der Waals surface area contributed by atoms with Crippen molar-refractivity contribution < 1.29 is 19.1 Å². The second-order valence-electron chi connectivity index (χ2n) is 5.91. The Morgan fingerprint density at radius 3 is 2.79 bits per heavy atom. The number of Topliss-reactive ketones (excluding diaryl/α,β-unsaturated/α-hetero) is 1. The van der Waals surface area contributed by atoms with Crippen LogP contribution in [-0.2, 0) is 16.1 Å². The summed E-state index contributed by atoms with van der Waals surface area (Å²) < 4.78 is 6.09. The Hall–Kier alpha value is -3.33. The number of ether oxygens (including phenoxy) is 1. The van der Waals surface area contributed by atoms with E-state index >= 15 is 0 Å². The van der Waals surface area contributed by atoms with Gasteiger partial charge in [0.1, 0.15) is 11.4 Å². The average molecular weight is 399 g/mol. The lowest BCUT2D eigenvalue weighted by atomic mass is 10.1. The van der Waals surface area contributed by atoms with Crippen molar-refractivity contribution in [1.82, 2.24) is 9.55 Å². The molecule has 2 heterocycles. The predicted octanol–water partition coefficient (Wildman–Crippen LogP) is 2.48. The molecule has 1 aromatic carbocycles. The molecule has 0 saturated heterocycles. The topological polar surface area (TPSA) is 107 Å². The fraction of sp³-hybridized carbons (Fsp3) is 0.211. The minimum atomic E-state index is -0.601. The molecular weight excluding hydrogens is 382 g/mol. The van der Waals surface area contributed by atoms with E-state index in [4.69, 9.17) is 4.74 Å². The molecule has 0 fully saturated rings. The summed E-state index contributed by atoms with van der Waals surface area (Å²) in [6, 6.07) is 6.51. The van der Waals surface area contributed by atoms with Crippen LogP contribution in [0.5, 0.6) is 0 Å². The summed E-state index contributed by atoms with van der Waals surface area (Å²) in [5.41, 5.74) is 0.558. The van der Waals surface area contributed by atoms with E-state index in [1.165, 1.54) is 18.6 Å². The number of aromatic nitrogens is 2. The molecule has 0 spiro atoms. The molecule has 0 radical (unpaired) electrons. The van der Waals surface area contributed by atoms with Crippen molar-refractivity contribution in [2.75, 3.05) is 11.9 Å². The van der Waals surface area contributed by atoms with E-state index in [0.717, 1.165) is 15.9 Å². The van der Waals surface area contributed by atoms with Crippen LogP contribution in [0.2, 0.25) is 0 Å². The zero-order valence-corrected chi connectivity index (χ0v) is 16.0. The number of carbonyl (C=O) groups excluding carboxylic acids is 3. The second kappa shape index (κ2) is 8.13. The number of hydrogen-bond donors (Lipinski definition) is 1. The summed E-state index contributed by atoms with van der Waals surface area (Å²) in [4.78, 5) is 53.1. The number of thiophene rings is 1. The van der Waals surface area contributed by atoms with Crippen molar-refractivity contribution in [2.24, 2.45) is 0 Å². The molecule has 8 nitrogen and oxygen atoms in total. The summed E-state index contributed by atoms with van der Waals surface area (Å²) in [7, 11) is 0. The second-order valence-corrected chi connectivity index (χ2v) is 6.77. The molecule has 1 amide bonds. The van der Waals surface area contributed by atoms with Crippen LogP contribution in [0.1, 0.15) is 34.6 Å². The molecule has 0 aliphatic rings. The molecular formula is C19H17N3O5S. The number of anilines is 1. The van der Waals surface area contributed by atoms with Gasteiger partial charge in [-0.1, -0.05) is 12.1 Å². The number of nitrogens with zero attached hydrogens (tertiary/aromatic N) is 2. The maximum absolute atomic E-state index is 12.7. The SMILES string of the molecule is CCOC(=O)c1csc2ncn(CC(=O)Nc3cccc(C(C)=O)c3)c(=O)c12. The third-order valence-corrected chi connectivity index (χ3v) is 4.81. The maximum atomic E-state index is 12.7. The lowest BCUT2D eigenvalue weighted by molar-refractivity contribution is -0.116. The molecule has 9 heteroatoms. The predicted molar refractivity (Wildman–Crippen MR) is 105 cm³/mol. The van der Waals surface area contributed by atoms with Gasteiger partial charge in [-0.25, -0.2) is 9.78 Å². The highest BCUT2D eigenvalue weighted by Crippen LogP contribution is 2.21. The molecule has 0 saturated carbocycles. The largest absolute Gasteiger partial charge is 0.462 e. The van der Waals surface area contributed by atoms with Crippen molar-refractivity contribution in [3.05, 3.63) is 57.5 Å². The molecule has 0 bridgehead atoms. The molecule has 0 unspecified atom stereocenters. The maximum Gasteiger partial charge on any atom is 0.339 e. The van der Waals surface area contributed by atoms with E-state index in [1.54, 1.807) is 31.2 Å². The van der Waals surface area contributed by atoms with E-state index in [9.17, 15) is 19.2 Å². The smallest absolute Gasteiger partial charge is 0.339 e. The highest BCUT2D eigenvalue weighted by atomic mass is 32.1. The Kier molecular flexibility index (Phi) is 5.65. The lowest BCUT2D eigenvalue weighted by Crippen LogP contribution is -2.28. The molecule has 144 valence electrons. The first-order chi connectivity index (χ1) is 13.4. The van der Waals surface area contributed by atoms with Gasteiger partial charge in [0.15, 0.2) is 5.78 Å². The number of amides is 1. The first-order valence-electron chi connectivity index (χ1n) is 8.45. The zero-order valence-electron chi connectivity index (χ0n) is 15.2. The molecule has 0 aliphatic carbocycles. The van der Waals surface area contributed by atoms with E-state index in [1.807, 2.05) is 0 Å². The third kappa shape index (κ3) is 3.99. The standard InChI is InChI=1S/C19H17N3O5S/c1-3-27-19(26)14-9-28-17-16(14)18(25)22(10-20-17)8-15(24)21-13-6-4-5-12(7-13)11(2)23/h4-7,9-10H,3,8H2,1-2H3,(H,21,24). The Morgan fingerprint density at radius 2 is 2.07 bits per heavy atom. The number of esters is 1. The van der Waals surface area contributed by atoms with Crippen molar-refractivity contribution in [3.8, 4) is 0 Å². The van der Waals surface area contributed by atoms with Crippen LogP contribution in [0.15, 0.2) is 40.8 Å². The third-order valence-electron chi connectivity index (χ3n) is 3.92. The number of benzene rings is 1. The van der Waals surface area contributed by atoms with Gasteiger partial charge in [0.05, 0.1) is 23.9 Å². The normalized spacial score (nSPS) is 10.6. The van der Waals surface area contributed by atoms with Gasteiger partial charge in [0, 0.05) is 16.6 Å². The molecule has 2 aromatic heterocycles. The van der Waals surface area contributed by atoms with E-state index in [-0.39, 0.29) is 29.9 Å². The summed E-state index contributed by atoms with van der Waals surface area (Å²) in [5.74, 6) is -1.18. The van der Waals surface area contributed by atoms with Crippen LogP contribution in [-0.4, -0.2) is 33.8 Å². The van der Waals surface area contributed by atoms with Crippen LogP contribution in [0.4, 0.5) is 5.69 Å². The number of carbonyl (C=O) groups is 3. The highest BCUT2D eigenvalue weighted by molar-refractivity contribution is 7.17. The quantitative estimate of drug-likeness (QED) is 0.504. The molecule has 3 aromatic rings. The van der Waals surface area contributed by atoms with Crippen LogP contribution >= 0.6 is 11.3 Å². The van der Waals surface area contributed by atoms with Crippen molar-refractivity contribution in [3.63, 3.8) is 0 Å². The highest BCUT2D eigenvalue weighted by Gasteiger charge is 2.19. The Balaban J connectivity index is 1.85. The minimum Gasteiger partial charge on any atom is -0.462 e. The molecule has 28 heavy (non-hydrogen) atoms. The lowest BCUT2D eigenvalue weighted by Gasteiger charge is -2.08. The van der Waals surface area contributed by atoms with E-state index < -0.39 is 17.4 Å². The number of rotatable bonds is 6. The first-order valence-corrected chi connectivity index (χ1v) is 9.33. The Morgan fingerprint density at radius 1 is 1.29 bits per heavy atom.